The summed E-state index contributed by atoms with van der Waals surface area (Å²) in [5, 5.41) is 0. The molecular weight excluding hydrogens is 937 g/mol. The Morgan fingerprint density at radius 2 is 0.513 bits per heavy atom. The monoisotopic (exact) mass is 1050 g/mol. The van der Waals surface area contributed by atoms with E-state index in [2.05, 4.69) is 154 Å². The predicted molar refractivity (Wildman–Crippen MR) is 329 cm³/mol. The zero-order chi connectivity index (χ0) is 55.0. The number of ether oxygens (including phenoxy) is 3. The highest BCUT2D eigenvalue weighted by Crippen LogP contribution is 2.14. The van der Waals surface area contributed by atoms with Gasteiger partial charge in [0.1, 0.15) is 13.2 Å². The quantitative estimate of drug-likeness (QED) is 0.0261. The van der Waals surface area contributed by atoms with Crippen molar-refractivity contribution in [2.75, 3.05) is 13.2 Å². The zero-order valence-electron chi connectivity index (χ0n) is 49.2. The van der Waals surface area contributed by atoms with Crippen molar-refractivity contribution in [2.45, 2.75) is 277 Å². The minimum absolute atomic E-state index is 0.0988. The van der Waals surface area contributed by atoms with E-state index < -0.39 is 6.10 Å². The predicted octanol–water partition coefficient (Wildman–Crippen LogP) is 21.4. The van der Waals surface area contributed by atoms with Crippen molar-refractivity contribution in [3.05, 3.63) is 134 Å². The highest BCUT2D eigenvalue weighted by Gasteiger charge is 2.19. The van der Waals surface area contributed by atoms with E-state index in [1.54, 1.807) is 0 Å². The van der Waals surface area contributed by atoms with Crippen LogP contribution in [0.3, 0.4) is 0 Å². The highest BCUT2D eigenvalue weighted by molar-refractivity contribution is 5.71. The van der Waals surface area contributed by atoms with Crippen LogP contribution in [0, 0.1) is 0 Å². The molecule has 0 saturated heterocycles. The van der Waals surface area contributed by atoms with Crippen LogP contribution in [0.5, 0.6) is 0 Å². The molecule has 6 nitrogen and oxygen atoms in total. The van der Waals surface area contributed by atoms with Crippen LogP contribution in [-0.4, -0.2) is 37.2 Å². The molecule has 76 heavy (non-hydrogen) atoms. The molecule has 0 heterocycles. The van der Waals surface area contributed by atoms with Crippen LogP contribution in [-0.2, 0) is 28.6 Å². The average molecular weight is 1050 g/mol. The molecule has 0 aliphatic rings. The Hall–Kier alpha value is -4.45. The molecule has 0 fully saturated rings. The van der Waals surface area contributed by atoms with Gasteiger partial charge in [0.25, 0.3) is 0 Å². The van der Waals surface area contributed by atoms with E-state index in [1.807, 2.05) is 0 Å². The molecule has 0 aliphatic carbocycles. The standard InChI is InChI=1S/C70H114O6/c1-4-7-10-13-16-19-22-25-28-31-33-35-37-39-42-45-48-51-54-57-60-63-69(72)75-66-67(65-74-68(71)62-59-56-53-50-47-44-41-30-27-24-21-18-15-12-9-6-3)76-70(73)64-61-58-55-52-49-46-43-40-38-36-34-32-29-26-23-20-17-14-11-8-5-2/h7-8,10-11,16-17,19-21,24-26,28-30,33-36,39,41-42,67H,4-6,9,12-15,18,22-23,27,31-32,37-38,40,43-66H2,1-3H3/b10-7-,11-8-,19-16-,20-17-,24-21-,28-25-,29-26-,35-33-,36-34-,41-30-,42-39-. The largest absolute Gasteiger partial charge is 0.462 e. The summed E-state index contributed by atoms with van der Waals surface area (Å²) >= 11 is 0. The van der Waals surface area contributed by atoms with Crippen LogP contribution in [0.15, 0.2) is 134 Å². The lowest BCUT2D eigenvalue weighted by Crippen LogP contribution is -2.30. The van der Waals surface area contributed by atoms with Crippen molar-refractivity contribution >= 4 is 17.9 Å². The fraction of sp³-hybridized carbons (Fsp3) is 0.643. The highest BCUT2D eigenvalue weighted by atomic mass is 16.6. The number of rotatable bonds is 55. The lowest BCUT2D eigenvalue weighted by atomic mass is 10.1. The number of hydrogen-bond donors (Lipinski definition) is 0. The fourth-order valence-corrected chi connectivity index (χ4v) is 8.25. The first-order valence-corrected chi connectivity index (χ1v) is 31.2. The number of carbonyl (C=O) groups is 3. The molecule has 1 atom stereocenters. The maximum Gasteiger partial charge on any atom is 0.306 e. The van der Waals surface area contributed by atoms with Crippen LogP contribution >= 0.6 is 0 Å². The molecule has 6 heteroatoms. The van der Waals surface area contributed by atoms with Crippen molar-refractivity contribution in [3.63, 3.8) is 0 Å². The molecule has 0 rings (SSSR count). The second-order valence-corrected chi connectivity index (χ2v) is 20.2. The number of carbonyl (C=O) groups excluding carboxylic acids is 3. The third-order valence-electron chi connectivity index (χ3n) is 12.9. The first kappa shape index (κ1) is 71.5. The molecule has 1 unspecified atom stereocenters. The smallest absolute Gasteiger partial charge is 0.306 e. The summed E-state index contributed by atoms with van der Waals surface area (Å²) in [6.45, 7) is 6.37. The summed E-state index contributed by atoms with van der Waals surface area (Å²) in [5.41, 5.74) is 0. The second-order valence-electron chi connectivity index (χ2n) is 20.2. The Balaban J connectivity index is 4.48. The first-order valence-electron chi connectivity index (χ1n) is 31.2. The topological polar surface area (TPSA) is 78.9 Å². The maximum atomic E-state index is 12.9. The van der Waals surface area contributed by atoms with Gasteiger partial charge in [-0.2, -0.15) is 0 Å². The molecule has 0 N–H and O–H groups in total. The summed E-state index contributed by atoms with van der Waals surface area (Å²) < 4.78 is 16.9. The Labute approximate surface area is 468 Å². The van der Waals surface area contributed by atoms with Gasteiger partial charge in [0.15, 0.2) is 6.10 Å². The van der Waals surface area contributed by atoms with Crippen molar-refractivity contribution < 1.29 is 28.6 Å². The second kappa shape index (κ2) is 63.1. The van der Waals surface area contributed by atoms with Crippen molar-refractivity contribution in [1.82, 2.24) is 0 Å². The number of unbranched alkanes of at least 4 members (excludes halogenated alkanes) is 22. The van der Waals surface area contributed by atoms with Gasteiger partial charge in [-0.15, -0.1) is 0 Å². The molecular formula is C70H114O6. The van der Waals surface area contributed by atoms with E-state index in [1.165, 1.54) is 64.2 Å². The van der Waals surface area contributed by atoms with Crippen LogP contribution in [0.2, 0.25) is 0 Å². The van der Waals surface area contributed by atoms with Gasteiger partial charge >= 0.3 is 17.9 Å². The Kier molecular flexibility index (Phi) is 59.4. The number of esters is 3. The lowest BCUT2D eigenvalue weighted by Gasteiger charge is -2.18. The van der Waals surface area contributed by atoms with E-state index in [0.717, 1.165) is 167 Å². The van der Waals surface area contributed by atoms with Gasteiger partial charge in [-0.3, -0.25) is 14.4 Å². The van der Waals surface area contributed by atoms with E-state index in [9.17, 15) is 14.4 Å². The van der Waals surface area contributed by atoms with Crippen LogP contribution < -0.4 is 0 Å². The van der Waals surface area contributed by atoms with Gasteiger partial charge in [0.2, 0.25) is 0 Å². The number of hydrogen-bond acceptors (Lipinski definition) is 6. The van der Waals surface area contributed by atoms with Crippen LogP contribution in [0.4, 0.5) is 0 Å². The van der Waals surface area contributed by atoms with Gasteiger partial charge in [0.05, 0.1) is 0 Å². The van der Waals surface area contributed by atoms with Gasteiger partial charge in [-0.05, 0) is 135 Å². The molecule has 0 spiro atoms. The maximum absolute atomic E-state index is 12.9. The normalized spacial score (nSPS) is 13.0. The third-order valence-corrected chi connectivity index (χ3v) is 12.9. The molecule has 0 aromatic rings. The van der Waals surface area contributed by atoms with Gasteiger partial charge < -0.3 is 14.2 Å². The third kappa shape index (κ3) is 60.4. The van der Waals surface area contributed by atoms with E-state index in [-0.39, 0.29) is 31.1 Å². The summed E-state index contributed by atoms with van der Waals surface area (Å²) in [6, 6.07) is 0. The SMILES string of the molecule is CC/C=C\C/C=C\C/C=C\C/C=C\C/C=C\CCCCCCCC(=O)OCC(COC(=O)CCCCCCC/C=C\C/C=C\CCCCCC)OC(=O)CCCCCCCCCC/C=C\C/C=C\C/C=C\C/C=C\CC. The molecule has 0 aromatic heterocycles. The fourth-order valence-electron chi connectivity index (χ4n) is 8.25. The van der Waals surface area contributed by atoms with Gasteiger partial charge in [-0.1, -0.05) is 251 Å². The van der Waals surface area contributed by atoms with Crippen LogP contribution in [0.25, 0.3) is 0 Å². The molecule has 430 valence electrons. The minimum atomic E-state index is -0.803. The molecule has 0 radical (unpaired) electrons. The summed E-state index contributed by atoms with van der Waals surface area (Å²) in [7, 11) is 0. The summed E-state index contributed by atoms with van der Waals surface area (Å²) in [5.74, 6) is -0.937. The van der Waals surface area contributed by atoms with Crippen molar-refractivity contribution in [2.24, 2.45) is 0 Å². The van der Waals surface area contributed by atoms with Gasteiger partial charge in [0, 0.05) is 19.3 Å². The number of allylic oxidation sites excluding steroid dienone is 22. The average Bonchev–Trinajstić information content (AvgIpc) is 3.42. The van der Waals surface area contributed by atoms with Gasteiger partial charge in [-0.25, -0.2) is 0 Å². The zero-order valence-corrected chi connectivity index (χ0v) is 49.2. The summed E-state index contributed by atoms with van der Waals surface area (Å²) in [6.07, 6.45) is 88.7. The van der Waals surface area contributed by atoms with Crippen molar-refractivity contribution in [1.29, 1.82) is 0 Å². The Morgan fingerprint density at radius 1 is 0.276 bits per heavy atom. The molecule has 0 saturated carbocycles. The minimum Gasteiger partial charge on any atom is -0.462 e. The molecule has 0 aliphatic heterocycles. The first-order chi connectivity index (χ1) is 37.5. The summed E-state index contributed by atoms with van der Waals surface area (Å²) in [4.78, 5) is 38.3. The lowest BCUT2D eigenvalue weighted by molar-refractivity contribution is -0.167. The molecule has 0 aromatic carbocycles. The van der Waals surface area contributed by atoms with Crippen molar-refractivity contribution in [3.8, 4) is 0 Å². The molecule has 0 amide bonds. The van der Waals surface area contributed by atoms with Crippen LogP contribution in [0.1, 0.15) is 271 Å². The Bertz CT molecular complexity index is 1630. The Morgan fingerprint density at radius 3 is 0.803 bits per heavy atom. The van der Waals surface area contributed by atoms with E-state index in [4.69, 9.17) is 14.2 Å². The molecule has 0 bridgehead atoms. The van der Waals surface area contributed by atoms with E-state index in [0.29, 0.717) is 19.3 Å². The van der Waals surface area contributed by atoms with E-state index >= 15 is 0 Å².